The highest BCUT2D eigenvalue weighted by Crippen LogP contribution is 2.30. The van der Waals surface area contributed by atoms with E-state index in [4.69, 9.17) is 9.47 Å². The lowest BCUT2D eigenvalue weighted by Crippen LogP contribution is -2.45. The van der Waals surface area contributed by atoms with Gasteiger partial charge in [0.1, 0.15) is 0 Å². The highest BCUT2D eigenvalue weighted by molar-refractivity contribution is 5.94. The molecule has 1 rings (SSSR count). The molecule has 0 saturated heterocycles. The Labute approximate surface area is 143 Å². The normalized spacial score (nSPS) is 11.7. The topological polar surface area (TPSA) is 84.0 Å². The maximum Gasteiger partial charge on any atom is 0.227 e. The van der Waals surface area contributed by atoms with E-state index in [0.29, 0.717) is 30.6 Å². The number of guanidine groups is 1. The van der Waals surface area contributed by atoms with Crippen LogP contribution in [0, 0.1) is 5.41 Å². The minimum Gasteiger partial charge on any atom is -0.493 e. The SMILES string of the molecule is CCOc1ccc(NC(=NC)NCC(C)(C)C(=O)NC)cc1OC. The number of carbonyl (C=O) groups excluding carboxylic acids is 1. The van der Waals surface area contributed by atoms with Gasteiger partial charge in [-0.1, -0.05) is 0 Å². The van der Waals surface area contributed by atoms with Crippen LogP contribution >= 0.6 is 0 Å². The van der Waals surface area contributed by atoms with Crippen molar-refractivity contribution in [2.75, 3.05) is 39.7 Å². The van der Waals surface area contributed by atoms with Gasteiger partial charge in [0.25, 0.3) is 0 Å². The molecular formula is C17H28N4O3. The molecule has 134 valence electrons. The van der Waals surface area contributed by atoms with Crippen LogP contribution in [0.4, 0.5) is 5.69 Å². The maximum atomic E-state index is 11.8. The first-order valence-electron chi connectivity index (χ1n) is 7.88. The third-order valence-corrected chi connectivity index (χ3v) is 3.49. The monoisotopic (exact) mass is 336 g/mol. The third kappa shape index (κ3) is 5.33. The van der Waals surface area contributed by atoms with Crippen molar-refractivity contribution in [3.05, 3.63) is 18.2 Å². The number of nitrogens with zero attached hydrogens (tertiary/aromatic N) is 1. The molecule has 7 nitrogen and oxygen atoms in total. The average Bonchev–Trinajstić information content (AvgIpc) is 2.58. The largest absolute Gasteiger partial charge is 0.493 e. The molecular weight excluding hydrogens is 308 g/mol. The number of aliphatic imine (C=N–C) groups is 1. The summed E-state index contributed by atoms with van der Waals surface area (Å²) in [7, 11) is 4.90. The number of benzene rings is 1. The van der Waals surface area contributed by atoms with Crippen molar-refractivity contribution in [2.45, 2.75) is 20.8 Å². The van der Waals surface area contributed by atoms with E-state index in [1.807, 2.05) is 39.0 Å². The van der Waals surface area contributed by atoms with Gasteiger partial charge in [-0.3, -0.25) is 9.79 Å². The number of hydrogen-bond acceptors (Lipinski definition) is 4. The van der Waals surface area contributed by atoms with E-state index in [1.165, 1.54) is 0 Å². The second-order valence-electron chi connectivity index (χ2n) is 5.81. The number of nitrogens with one attached hydrogen (secondary N) is 3. The van der Waals surface area contributed by atoms with Crippen LogP contribution in [0.5, 0.6) is 11.5 Å². The first-order chi connectivity index (χ1) is 11.4. The zero-order chi connectivity index (χ0) is 18.2. The van der Waals surface area contributed by atoms with Crippen molar-refractivity contribution in [3.8, 4) is 11.5 Å². The van der Waals surface area contributed by atoms with E-state index in [0.717, 1.165) is 5.69 Å². The van der Waals surface area contributed by atoms with Gasteiger partial charge in [0.05, 0.1) is 19.1 Å². The summed E-state index contributed by atoms with van der Waals surface area (Å²) >= 11 is 0. The van der Waals surface area contributed by atoms with Crippen LogP contribution in [0.3, 0.4) is 0 Å². The molecule has 0 bridgehead atoms. The molecule has 0 aliphatic rings. The summed E-state index contributed by atoms with van der Waals surface area (Å²) in [6, 6.07) is 5.55. The van der Waals surface area contributed by atoms with Crippen molar-refractivity contribution in [3.63, 3.8) is 0 Å². The lowest BCUT2D eigenvalue weighted by Gasteiger charge is -2.24. The Kier molecular flexibility index (Phi) is 7.35. The van der Waals surface area contributed by atoms with Crippen molar-refractivity contribution in [2.24, 2.45) is 10.4 Å². The van der Waals surface area contributed by atoms with Gasteiger partial charge in [-0.25, -0.2) is 0 Å². The zero-order valence-corrected chi connectivity index (χ0v) is 15.3. The van der Waals surface area contributed by atoms with E-state index < -0.39 is 5.41 Å². The van der Waals surface area contributed by atoms with Gasteiger partial charge in [-0.2, -0.15) is 0 Å². The molecule has 0 heterocycles. The molecule has 0 radical (unpaired) electrons. The number of rotatable bonds is 7. The minimum absolute atomic E-state index is 0.0341. The molecule has 0 aromatic heterocycles. The van der Waals surface area contributed by atoms with Crippen LogP contribution < -0.4 is 25.4 Å². The number of hydrogen-bond donors (Lipinski definition) is 3. The van der Waals surface area contributed by atoms with Crippen molar-refractivity contribution >= 4 is 17.6 Å². The fraction of sp³-hybridized carbons (Fsp3) is 0.529. The summed E-state index contributed by atoms with van der Waals surface area (Å²) in [6.07, 6.45) is 0. The van der Waals surface area contributed by atoms with Gasteiger partial charge >= 0.3 is 0 Å². The summed E-state index contributed by atoms with van der Waals surface area (Å²) in [5.41, 5.74) is 0.254. The number of amides is 1. The number of methoxy groups -OCH3 is 1. The van der Waals surface area contributed by atoms with E-state index in [2.05, 4.69) is 20.9 Å². The van der Waals surface area contributed by atoms with Gasteiger partial charge < -0.3 is 25.4 Å². The molecule has 0 spiro atoms. The first-order valence-corrected chi connectivity index (χ1v) is 7.88. The molecule has 0 atom stereocenters. The predicted molar refractivity (Wildman–Crippen MR) is 97.0 cm³/mol. The van der Waals surface area contributed by atoms with Gasteiger partial charge in [0, 0.05) is 32.4 Å². The molecule has 24 heavy (non-hydrogen) atoms. The summed E-state index contributed by atoms with van der Waals surface area (Å²) in [6.45, 7) is 6.67. The quantitative estimate of drug-likeness (QED) is 0.523. The Morgan fingerprint density at radius 2 is 2.00 bits per heavy atom. The number of ether oxygens (including phenoxy) is 2. The molecule has 0 aliphatic heterocycles. The molecule has 1 aromatic rings. The van der Waals surface area contributed by atoms with Gasteiger partial charge in [0.15, 0.2) is 17.5 Å². The molecule has 0 saturated carbocycles. The molecule has 0 aliphatic carbocycles. The second kappa shape index (κ2) is 9.00. The number of anilines is 1. The molecule has 1 aromatic carbocycles. The number of carbonyl (C=O) groups is 1. The van der Waals surface area contributed by atoms with E-state index in [-0.39, 0.29) is 5.91 Å². The third-order valence-electron chi connectivity index (χ3n) is 3.49. The van der Waals surface area contributed by atoms with Crippen LogP contribution in [0.1, 0.15) is 20.8 Å². The van der Waals surface area contributed by atoms with Crippen LogP contribution in [0.15, 0.2) is 23.2 Å². The summed E-state index contributed by atoms with van der Waals surface area (Å²) < 4.78 is 10.8. The average molecular weight is 336 g/mol. The van der Waals surface area contributed by atoms with E-state index >= 15 is 0 Å². The van der Waals surface area contributed by atoms with Crippen molar-refractivity contribution in [1.29, 1.82) is 0 Å². The Bertz CT molecular complexity index is 585. The van der Waals surface area contributed by atoms with Gasteiger partial charge in [-0.15, -0.1) is 0 Å². The Morgan fingerprint density at radius 3 is 2.54 bits per heavy atom. The van der Waals surface area contributed by atoms with Gasteiger partial charge in [0.2, 0.25) is 5.91 Å². The van der Waals surface area contributed by atoms with Crippen molar-refractivity contribution in [1.82, 2.24) is 10.6 Å². The van der Waals surface area contributed by atoms with Crippen LogP contribution in [0.25, 0.3) is 0 Å². The predicted octanol–water partition coefficient (Wildman–Crippen LogP) is 1.85. The standard InChI is InChI=1S/C17H28N4O3/c1-7-24-13-9-8-12(10-14(13)23-6)21-16(19-5)20-11-17(2,3)15(22)18-4/h8-10H,7,11H2,1-6H3,(H,18,22)(H2,19,20,21). The fourth-order valence-electron chi connectivity index (χ4n) is 2.06. The van der Waals surface area contributed by atoms with Crippen LogP contribution in [0.2, 0.25) is 0 Å². The van der Waals surface area contributed by atoms with Crippen molar-refractivity contribution < 1.29 is 14.3 Å². The lowest BCUT2D eigenvalue weighted by atomic mass is 9.92. The second-order valence-corrected chi connectivity index (χ2v) is 5.81. The van der Waals surface area contributed by atoms with E-state index in [9.17, 15) is 4.79 Å². The molecule has 3 N–H and O–H groups in total. The highest BCUT2D eigenvalue weighted by atomic mass is 16.5. The zero-order valence-electron chi connectivity index (χ0n) is 15.3. The van der Waals surface area contributed by atoms with Crippen LogP contribution in [-0.4, -0.2) is 46.2 Å². The summed E-state index contributed by atoms with van der Waals surface area (Å²) in [4.78, 5) is 16.0. The maximum absolute atomic E-state index is 11.8. The van der Waals surface area contributed by atoms with E-state index in [1.54, 1.807) is 21.2 Å². The highest BCUT2D eigenvalue weighted by Gasteiger charge is 2.26. The Hall–Kier alpha value is -2.44. The molecule has 0 unspecified atom stereocenters. The summed E-state index contributed by atoms with van der Waals surface area (Å²) in [5, 5.41) is 8.99. The molecule has 7 heteroatoms. The molecule has 1 amide bonds. The van der Waals surface area contributed by atoms with Gasteiger partial charge in [-0.05, 0) is 32.9 Å². The fourth-order valence-corrected chi connectivity index (χ4v) is 2.06. The first kappa shape index (κ1) is 19.6. The Balaban J connectivity index is 2.77. The minimum atomic E-state index is -0.553. The molecule has 0 fully saturated rings. The lowest BCUT2D eigenvalue weighted by molar-refractivity contribution is -0.128. The summed E-state index contributed by atoms with van der Waals surface area (Å²) in [5.74, 6) is 1.86. The Morgan fingerprint density at radius 1 is 1.29 bits per heavy atom. The van der Waals surface area contributed by atoms with Crippen LogP contribution in [-0.2, 0) is 4.79 Å². The smallest absolute Gasteiger partial charge is 0.227 e.